The Kier molecular flexibility index (Phi) is 10.1. The Morgan fingerprint density at radius 1 is 0.667 bits per heavy atom. The number of fused-ring (bicyclic) bond motifs is 1. The number of thioether (sulfide) groups is 1. The monoisotopic (exact) mass is 647 g/mol. The third kappa shape index (κ3) is 7.89. The fourth-order valence-electron chi connectivity index (χ4n) is 5.27. The van der Waals surface area contributed by atoms with Gasteiger partial charge in [-0.2, -0.15) is 0 Å². The van der Waals surface area contributed by atoms with Crippen molar-refractivity contribution in [2.45, 2.75) is 17.1 Å². The topological polar surface area (TPSA) is 87.3 Å². The van der Waals surface area contributed by atoms with E-state index in [0.717, 1.165) is 38.0 Å². The normalized spacial score (nSPS) is 11.8. The highest BCUT2D eigenvalue weighted by atomic mass is 32.2. The van der Waals surface area contributed by atoms with Crippen molar-refractivity contribution >= 4 is 57.7 Å². The summed E-state index contributed by atoms with van der Waals surface area (Å²) in [5.41, 5.74) is 4.43. The molecule has 0 aliphatic carbocycles. The number of anilines is 2. The van der Waals surface area contributed by atoms with Crippen molar-refractivity contribution < 1.29 is 14.4 Å². The van der Waals surface area contributed by atoms with Gasteiger partial charge in [0.1, 0.15) is 10.9 Å². The Hall–Kier alpha value is -5.92. The van der Waals surface area contributed by atoms with Gasteiger partial charge in [0.2, 0.25) is 5.91 Å². The van der Waals surface area contributed by atoms with Gasteiger partial charge in [0.25, 0.3) is 11.8 Å². The molecule has 6 aromatic carbocycles. The van der Waals surface area contributed by atoms with Crippen LogP contribution in [0.3, 0.4) is 0 Å². The van der Waals surface area contributed by atoms with Crippen LogP contribution < -0.4 is 16.0 Å². The molecule has 3 N–H and O–H groups in total. The van der Waals surface area contributed by atoms with E-state index in [4.69, 9.17) is 0 Å². The molecular weight excluding hydrogens is 615 g/mol. The molecule has 0 bridgehead atoms. The van der Waals surface area contributed by atoms with Gasteiger partial charge < -0.3 is 16.0 Å². The lowest BCUT2D eigenvalue weighted by Crippen LogP contribution is -2.30. The molecule has 0 spiro atoms. The summed E-state index contributed by atoms with van der Waals surface area (Å²) in [5.74, 6) is -1.03. The predicted octanol–water partition coefficient (Wildman–Crippen LogP) is 9.03. The minimum absolute atomic E-state index is 0.0954. The number of carbonyl (C=O) groups excluding carboxylic acids is 3. The first-order valence-corrected chi connectivity index (χ1v) is 16.4. The zero-order chi connectivity index (χ0) is 33.3. The first-order chi connectivity index (χ1) is 23.4. The average molecular weight is 648 g/mol. The fourth-order valence-corrected chi connectivity index (χ4v) is 6.35. The molecule has 0 saturated carbocycles. The van der Waals surface area contributed by atoms with Crippen molar-refractivity contribution in [1.29, 1.82) is 0 Å². The highest BCUT2D eigenvalue weighted by Gasteiger charge is 2.23. The van der Waals surface area contributed by atoms with E-state index in [1.54, 1.807) is 36.4 Å². The molecule has 0 fully saturated rings. The molecule has 0 aliphatic heterocycles. The van der Waals surface area contributed by atoms with Crippen molar-refractivity contribution in [2.24, 2.45) is 0 Å². The summed E-state index contributed by atoms with van der Waals surface area (Å²) in [6, 6.07) is 47.1. The van der Waals surface area contributed by atoms with E-state index < -0.39 is 17.1 Å². The Morgan fingerprint density at radius 2 is 1.33 bits per heavy atom. The maximum atomic E-state index is 13.9. The molecular formula is C41H33N3O3S. The summed E-state index contributed by atoms with van der Waals surface area (Å²) in [6.45, 7) is 1.96. The van der Waals surface area contributed by atoms with E-state index in [0.29, 0.717) is 11.3 Å². The van der Waals surface area contributed by atoms with Crippen molar-refractivity contribution in [1.82, 2.24) is 5.32 Å². The zero-order valence-electron chi connectivity index (χ0n) is 26.2. The Labute approximate surface area is 283 Å². The van der Waals surface area contributed by atoms with E-state index in [1.807, 2.05) is 128 Å². The van der Waals surface area contributed by atoms with E-state index in [1.165, 1.54) is 11.8 Å². The van der Waals surface area contributed by atoms with Gasteiger partial charge in [0.15, 0.2) is 0 Å². The number of aryl methyl sites for hydroxylation is 1. The third-order valence-corrected chi connectivity index (χ3v) is 8.99. The van der Waals surface area contributed by atoms with Crippen LogP contribution in [0.15, 0.2) is 162 Å². The van der Waals surface area contributed by atoms with Crippen molar-refractivity contribution in [3.8, 4) is 0 Å². The van der Waals surface area contributed by atoms with Crippen molar-refractivity contribution in [2.75, 3.05) is 10.6 Å². The van der Waals surface area contributed by atoms with Crippen LogP contribution in [0.5, 0.6) is 0 Å². The zero-order valence-corrected chi connectivity index (χ0v) is 27.0. The number of hydrogen-bond donors (Lipinski definition) is 3. The van der Waals surface area contributed by atoms with Crippen LogP contribution in [-0.4, -0.2) is 17.7 Å². The van der Waals surface area contributed by atoms with Crippen LogP contribution in [-0.2, 0) is 9.59 Å². The molecule has 48 heavy (non-hydrogen) atoms. The Morgan fingerprint density at radius 3 is 2.12 bits per heavy atom. The number of benzene rings is 6. The second kappa shape index (κ2) is 15.1. The molecule has 1 unspecified atom stereocenters. The van der Waals surface area contributed by atoms with Crippen LogP contribution in [0.25, 0.3) is 16.8 Å². The lowest BCUT2D eigenvalue weighted by molar-refractivity contribution is -0.116. The molecule has 0 saturated heterocycles. The molecule has 0 aliphatic rings. The van der Waals surface area contributed by atoms with Gasteiger partial charge in [0, 0.05) is 21.8 Å². The van der Waals surface area contributed by atoms with E-state index in [9.17, 15) is 14.4 Å². The van der Waals surface area contributed by atoms with E-state index in [-0.39, 0.29) is 11.6 Å². The third-order valence-electron chi connectivity index (χ3n) is 7.74. The van der Waals surface area contributed by atoms with Crippen molar-refractivity contribution in [3.63, 3.8) is 0 Å². The van der Waals surface area contributed by atoms with Crippen LogP contribution in [0.4, 0.5) is 11.4 Å². The summed E-state index contributed by atoms with van der Waals surface area (Å²) in [4.78, 5) is 41.5. The molecule has 0 heterocycles. The Bertz CT molecular complexity index is 2110. The number of nitrogens with one attached hydrogen (secondary N) is 3. The van der Waals surface area contributed by atoms with Gasteiger partial charge in [-0.25, -0.2) is 0 Å². The van der Waals surface area contributed by atoms with E-state index in [2.05, 4.69) is 16.0 Å². The minimum Gasteiger partial charge on any atom is -0.325 e. The summed E-state index contributed by atoms with van der Waals surface area (Å²) in [7, 11) is 0. The van der Waals surface area contributed by atoms with Gasteiger partial charge in [-0.3, -0.25) is 14.4 Å². The van der Waals surface area contributed by atoms with Crippen LogP contribution in [0.1, 0.15) is 32.3 Å². The lowest BCUT2D eigenvalue weighted by Gasteiger charge is -2.18. The first kappa shape index (κ1) is 32.0. The largest absolute Gasteiger partial charge is 0.325 e. The number of amides is 3. The summed E-state index contributed by atoms with van der Waals surface area (Å²) < 4.78 is 0. The maximum absolute atomic E-state index is 13.9. The average Bonchev–Trinajstić information content (AvgIpc) is 3.12. The molecule has 0 aromatic heterocycles. The van der Waals surface area contributed by atoms with Gasteiger partial charge in [-0.1, -0.05) is 115 Å². The molecule has 7 heteroatoms. The maximum Gasteiger partial charge on any atom is 0.272 e. The predicted molar refractivity (Wildman–Crippen MR) is 196 cm³/mol. The second-order valence-electron chi connectivity index (χ2n) is 11.1. The smallest absolute Gasteiger partial charge is 0.272 e. The van der Waals surface area contributed by atoms with Gasteiger partial charge in [-0.05, 0) is 76.9 Å². The quantitative estimate of drug-likeness (QED) is 0.102. The molecule has 236 valence electrons. The summed E-state index contributed by atoms with van der Waals surface area (Å²) in [5, 5.41) is 10.3. The molecule has 6 rings (SSSR count). The summed E-state index contributed by atoms with van der Waals surface area (Å²) >= 11 is 1.39. The molecule has 3 amide bonds. The van der Waals surface area contributed by atoms with Crippen LogP contribution >= 0.6 is 11.8 Å². The molecule has 6 nitrogen and oxygen atoms in total. The van der Waals surface area contributed by atoms with Gasteiger partial charge >= 0.3 is 0 Å². The SMILES string of the molecule is Cc1ccccc1NC(=O)C(Sc1cccc(NC(=O)/C(=C\c2cccc3ccccc23)NC(=O)c2ccccc2)c1)c1ccccc1. The summed E-state index contributed by atoms with van der Waals surface area (Å²) in [6.07, 6.45) is 1.69. The number of hydrogen-bond acceptors (Lipinski definition) is 4. The number of para-hydroxylation sites is 1. The second-order valence-corrected chi connectivity index (χ2v) is 12.3. The van der Waals surface area contributed by atoms with Crippen LogP contribution in [0.2, 0.25) is 0 Å². The first-order valence-electron chi connectivity index (χ1n) is 15.5. The molecule has 6 aromatic rings. The van der Waals surface area contributed by atoms with Gasteiger partial charge in [-0.15, -0.1) is 11.8 Å². The van der Waals surface area contributed by atoms with Crippen LogP contribution in [0, 0.1) is 6.92 Å². The minimum atomic E-state index is -0.552. The molecule has 0 radical (unpaired) electrons. The highest BCUT2D eigenvalue weighted by molar-refractivity contribution is 8.00. The Balaban J connectivity index is 1.27. The van der Waals surface area contributed by atoms with Gasteiger partial charge in [0.05, 0.1) is 0 Å². The molecule has 1 atom stereocenters. The van der Waals surface area contributed by atoms with E-state index >= 15 is 0 Å². The number of rotatable bonds is 10. The van der Waals surface area contributed by atoms with Crippen molar-refractivity contribution in [3.05, 3.63) is 180 Å². The lowest BCUT2D eigenvalue weighted by atomic mass is 10.0. The fraction of sp³-hybridized carbons (Fsp3) is 0.0488. The number of carbonyl (C=O) groups is 3. The highest BCUT2D eigenvalue weighted by Crippen LogP contribution is 2.37. The standard InChI is InChI=1S/C41H33N3O3S/c1-28-14-8-11-25-36(28)43-41(47)38(30-16-4-2-5-17-30)48-34-23-13-22-33(27-34)42-40(46)37(44-39(45)31-18-6-3-7-19-31)26-32-21-12-20-29-15-9-10-24-35(29)32/h2-27,38H,1H3,(H,42,46)(H,43,47)(H,44,45)/b37-26+.